The molecular weight excluding hydrogens is 238 g/mol. The average Bonchev–Trinajstić information content (AvgIpc) is 2.38. The fourth-order valence-electron chi connectivity index (χ4n) is 1.08. The van der Waals surface area contributed by atoms with Gasteiger partial charge in [-0.25, -0.2) is 0 Å². The summed E-state index contributed by atoms with van der Waals surface area (Å²) in [5, 5.41) is 2.71. The highest BCUT2D eigenvalue weighted by Gasteiger charge is 2.01. The molecule has 0 aromatic heterocycles. The lowest BCUT2D eigenvalue weighted by atomic mass is 10.4. The maximum atomic E-state index is 11.3. The summed E-state index contributed by atoms with van der Waals surface area (Å²) in [5.74, 6) is -0.312. The molecule has 0 aliphatic heterocycles. The highest BCUT2D eigenvalue weighted by atomic mass is 16.6. The van der Waals surface area contributed by atoms with Crippen LogP contribution in [-0.4, -0.2) is 51.5 Å². The molecule has 0 radical (unpaired) electrons. The molecule has 0 heterocycles. The summed E-state index contributed by atoms with van der Waals surface area (Å²) in [6.07, 6.45) is 0.663. The van der Waals surface area contributed by atoms with Crippen molar-refractivity contribution >= 4 is 11.9 Å². The largest absolute Gasteiger partial charge is 0.463 e. The van der Waals surface area contributed by atoms with Gasteiger partial charge in [0.15, 0.2) is 0 Å². The summed E-state index contributed by atoms with van der Waals surface area (Å²) >= 11 is 0. The zero-order valence-corrected chi connectivity index (χ0v) is 11.2. The standard InChI is InChI=1S/C12H23NO5/c1-3-12(15)18-10-9-17-7-5-11(14)13-6-8-16-4-2/h3-10H2,1-2H3,(H,13,14). The summed E-state index contributed by atoms with van der Waals surface area (Å²) in [6.45, 7) is 6.20. The second-order valence-electron chi connectivity index (χ2n) is 3.48. The van der Waals surface area contributed by atoms with Crippen LogP contribution >= 0.6 is 0 Å². The van der Waals surface area contributed by atoms with Gasteiger partial charge in [0.05, 0.1) is 19.8 Å². The highest BCUT2D eigenvalue weighted by molar-refractivity contribution is 5.75. The lowest BCUT2D eigenvalue weighted by Crippen LogP contribution is -2.28. The van der Waals surface area contributed by atoms with Crippen molar-refractivity contribution in [3.8, 4) is 0 Å². The molecule has 6 nitrogen and oxygen atoms in total. The number of rotatable bonds is 11. The van der Waals surface area contributed by atoms with Crippen LogP contribution in [0.3, 0.4) is 0 Å². The smallest absolute Gasteiger partial charge is 0.305 e. The molecule has 18 heavy (non-hydrogen) atoms. The van der Waals surface area contributed by atoms with E-state index in [1.165, 1.54) is 0 Å². The molecule has 6 heteroatoms. The van der Waals surface area contributed by atoms with Crippen LogP contribution < -0.4 is 5.32 Å². The maximum Gasteiger partial charge on any atom is 0.305 e. The van der Waals surface area contributed by atoms with Crippen LogP contribution in [0, 0.1) is 0 Å². The van der Waals surface area contributed by atoms with E-state index >= 15 is 0 Å². The van der Waals surface area contributed by atoms with Crippen molar-refractivity contribution < 1.29 is 23.8 Å². The molecule has 0 fully saturated rings. The molecule has 1 amide bonds. The third kappa shape index (κ3) is 11.3. The summed E-state index contributed by atoms with van der Waals surface area (Å²) < 4.78 is 15.0. The minimum absolute atomic E-state index is 0.0692. The van der Waals surface area contributed by atoms with Gasteiger partial charge in [0, 0.05) is 26.0 Å². The van der Waals surface area contributed by atoms with Crippen molar-refractivity contribution in [1.82, 2.24) is 5.32 Å². The first-order valence-electron chi connectivity index (χ1n) is 6.28. The third-order valence-corrected chi connectivity index (χ3v) is 2.03. The Morgan fingerprint density at radius 2 is 1.78 bits per heavy atom. The molecule has 0 aliphatic rings. The Labute approximate surface area is 108 Å². The first-order valence-corrected chi connectivity index (χ1v) is 6.28. The van der Waals surface area contributed by atoms with Crippen LogP contribution in [0.2, 0.25) is 0 Å². The van der Waals surface area contributed by atoms with Crippen LogP contribution in [0.4, 0.5) is 0 Å². The van der Waals surface area contributed by atoms with Gasteiger partial charge in [-0.3, -0.25) is 9.59 Å². The molecule has 1 N–H and O–H groups in total. The maximum absolute atomic E-state index is 11.3. The van der Waals surface area contributed by atoms with E-state index in [9.17, 15) is 9.59 Å². The molecule has 0 aromatic rings. The van der Waals surface area contributed by atoms with E-state index < -0.39 is 0 Å². The van der Waals surface area contributed by atoms with Crippen molar-refractivity contribution in [1.29, 1.82) is 0 Å². The number of hydrogen-bond donors (Lipinski definition) is 1. The number of amides is 1. The van der Waals surface area contributed by atoms with Crippen molar-refractivity contribution in [2.75, 3.05) is 39.6 Å². The molecule has 0 aromatic carbocycles. The number of hydrogen-bond acceptors (Lipinski definition) is 5. The van der Waals surface area contributed by atoms with Crippen LogP contribution in [0.1, 0.15) is 26.7 Å². The van der Waals surface area contributed by atoms with Gasteiger partial charge in [-0.05, 0) is 6.92 Å². The van der Waals surface area contributed by atoms with Crippen LogP contribution in [0.15, 0.2) is 0 Å². The van der Waals surface area contributed by atoms with Crippen molar-refractivity contribution in [3.63, 3.8) is 0 Å². The number of nitrogens with one attached hydrogen (secondary N) is 1. The molecular formula is C12H23NO5. The summed E-state index contributed by atoms with van der Waals surface area (Å²) in [7, 11) is 0. The predicted molar refractivity (Wildman–Crippen MR) is 66.2 cm³/mol. The Kier molecular flexibility index (Phi) is 11.5. The first kappa shape index (κ1) is 16.9. The molecule has 106 valence electrons. The second-order valence-corrected chi connectivity index (χ2v) is 3.48. The molecule has 0 bridgehead atoms. The van der Waals surface area contributed by atoms with Crippen molar-refractivity contribution in [2.45, 2.75) is 26.7 Å². The zero-order valence-electron chi connectivity index (χ0n) is 11.2. The predicted octanol–water partition coefficient (Wildman–Crippen LogP) is 0.499. The minimum Gasteiger partial charge on any atom is -0.463 e. The van der Waals surface area contributed by atoms with Gasteiger partial charge in [0.2, 0.25) is 5.91 Å². The van der Waals surface area contributed by atoms with Gasteiger partial charge in [0.25, 0.3) is 0 Å². The quantitative estimate of drug-likeness (QED) is 0.433. The van der Waals surface area contributed by atoms with Crippen LogP contribution in [0.5, 0.6) is 0 Å². The topological polar surface area (TPSA) is 73.9 Å². The fraction of sp³-hybridized carbons (Fsp3) is 0.833. The van der Waals surface area contributed by atoms with Gasteiger partial charge >= 0.3 is 5.97 Å². The summed E-state index contributed by atoms with van der Waals surface area (Å²) in [5.41, 5.74) is 0. The summed E-state index contributed by atoms with van der Waals surface area (Å²) in [6, 6.07) is 0. The number of esters is 1. The van der Waals surface area contributed by atoms with E-state index in [0.29, 0.717) is 45.8 Å². The minimum atomic E-state index is -0.243. The Morgan fingerprint density at radius 1 is 1.00 bits per heavy atom. The summed E-state index contributed by atoms with van der Waals surface area (Å²) in [4.78, 5) is 22.0. The second kappa shape index (κ2) is 12.3. The highest BCUT2D eigenvalue weighted by Crippen LogP contribution is 1.87. The number of ether oxygens (including phenoxy) is 3. The van der Waals surface area contributed by atoms with Gasteiger partial charge in [-0.15, -0.1) is 0 Å². The molecule has 0 rings (SSSR count). The van der Waals surface area contributed by atoms with Crippen molar-refractivity contribution in [2.24, 2.45) is 0 Å². The Balaban J connectivity index is 3.22. The van der Waals surface area contributed by atoms with Gasteiger partial charge in [0.1, 0.15) is 6.61 Å². The van der Waals surface area contributed by atoms with Gasteiger partial charge in [-0.2, -0.15) is 0 Å². The third-order valence-electron chi connectivity index (χ3n) is 2.03. The van der Waals surface area contributed by atoms with E-state index in [2.05, 4.69) is 5.32 Å². The van der Waals surface area contributed by atoms with Crippen LogP contribution in [0.25, 0.3) is 0 Å². The molecule has 0 unspecified atom stereocenters. The van der Waals surface area contributed by atoms with Crippen LogP contribution in [-0.2, 0) is 23.8 Å². The lowest BCUT2D eigenvalue weighted by Gasteiger charge is -2.06. The fourth-order valence-corrected chi connectivity index (χ4v) is 1.08. The Hall–Kier alpha value is -1.14. The molecule has 0 atom stereocenters. The average molecular weight is 261 g/mol. The van der Waals surface area contributed by atoms with E-state index in [1.807, 2.05) is 6.92 Å². The number of carbonyl (C=O) groups excluding carboxylic acids is 2. The molecule has 0 spiro atoms. The lowest BCUT2D eigenvalue weighted by molar-refractivity contribution is -0.145. The van der Waals surface area contributed by atoms with Gasteiger partial charge in [-0.1, -0.05) is 6.92 Å². The van der Waals surface area contributed by atoms with Gasteiger partial charge < -0.3 is 19.5 Å². The Bertz CT molecular complexity index is 233. The SMILES string of the molecule is CCOCCNC(=O)CCOCCOC(=O)CC. The zero-order chi connectivity index (χ0) is 13.6. The van der Waals surface area contributed by atoms with Crippen molar-refractivity contribution in [3.05, 3.63) is 0 Å². The molecule has 0 aliphatic carbocycles. The van der Waals surface area contributed by atoms with E-state index in [0.717, 1.165) is 0 Å². The first-order chi connectivity index (χ1) is 8.70. The Morgan fingerprint density at radius 3 is 2.44 bits per heavy atom. The van der Waals surface area contributed by atoms with E-state index in [1.54, 1.807) is 6.92 Å². The van der Waals surface area contributed by atoms with E-state index in [-0.39, 0.29) is 18.5 Å². The molecule has 0 saturated carbocycles. The molecule has 0 saturated heterocycles. The van der Waals surface area contributed by atoms with E-state index in [4.69, 9.17) is 14.2 Å². The normalized spacial score (nSPS) is 10.1. The number of carbonyl (C=O) groups is 2. The monoisotopic (exact) mass is 261 g/mol.